The Labute approximate surface area is 113 Å². The maximum Gasteiger partial charge on any atom is 0.260 e. The second kappa shape index (κ2) is 6.10. The minimum atomic E-state index is 0.0249. The molecule has 0 atom stereocenters. The highest BCUT2D eigenvalue weighted by molar-refractivity contribution is 6.30. The van der Waals surface area contributed by atoms with Crippen LogP contribution in [0.4, 0.5) is 0 Å². The molecule has 0 aliphatic heterocycles. The van der Waals surface area contributed by atoms with E-state index in [1.807, 2.05) is 7.05 Å². The molecular weight excluding hydrogens is 250 g/mol. The molecule has 2 rings (SSSR count). The lowest BCUT2D eigenvalue weighted by Gasteiger charge is -2.30. The standard InChI is InChI=1S/C14H18ClNO2/c1-16(9-11-3-2-4-11)14(17)10-18-13-7-5-12(15)6-8-13/h5-8,11H,2-4,9-10H2,1H3. The van der Waals surface area contributed by atoms with Crippen LogP contribution in [0.5, 0.6) is 5.75 Å². The van der Waals surface area contributed by atoms with Crippen LogP contribution < -0.4 is 4.74 Å². The quantitative estimate of drug-likeness (QED) is 0.821. The predicted molar refractivity (Wildman–Crippen MR) is 71.9 cm³/mol. The van der Waals surface area contributed by atoms with Crippen LogP contribution in [0.1, 0.15) is 19.3 Å². The van der Waals surface area contributed by atoms with Crippen molar-refractivity contribution >= 4 is 17.5 Å². The minimum absolute atomic E-state index is 0.0249. The zero-order valence-corrected chi connectivity index (χ0v) is 11.3. The number of hydrogen-bond donors (Lipinski definition) is 0. The highest BCUT2D eigenvalue weighted by atomic mass is 35.5. The van der Waals surface area contributed by atoms with Gasteiger partial charge in [-0.05, 0) is 43.0 Å². The maximum atomic E-state index is 11.8. The van der Waals surface area contributed by atoms with Crippen LogP contribution in [0, 0.1) is 5.92 Å². The number of carbonyl (C=O) groups is 1. The topological polar surface area (TPSA) is 29.5 Å². The molecule has 3 nitrogen and oxygen atoms in total. The number of amides is 1. The molecule has 1 saturated carbocycles. The van der Waals surface area contributed by atoms with E-state index in [0.717, 1.165) is 6.54 Å². The van der Waals surface area contributed by atoms with Gasteiger partial charge in [-0.2, -0.15) is 0 Å². The summed E-state index contributed by atoms with van der Waals surface area (Å²) in [7, 11) is 1.84. The molecule has 0 spiro atoms. The molecule has 0 unspecified atom stereocenters. The first-order chi connectivity index (χ1) is 8.65. The number of rotatable bonds is 5. The summed E-state index contributed by atoms with van der Waals surface area (Å²) in [4.78, 5) is 13.6. The molecule has 0 bridgehead atoms. The summed E-state index contributed by atoms with van der Waals surface area (Å²) in [5, 5.41) is 0.663. The zero-order chi connectivity index (χ0) is 13.0. The van der Waals surface area contributed by atoms with Crippen LogP contribution in [0.2, 0.25) is 5.02 Å². The maximum absolute atomic E-state index is 11.8. The van der Waals surface area contributed by atoms with Crippen molar-refractivity contribution in [2.24, 2.45) is 5.92 Å². The van der Waals surface area contributed by atoms with Crippen LogP contribution in [-0.4, -0.2) is 31.0 Å². The lowest BCUT2D eigenvalue weighted by Crippen LogP contribution is -2.37. The second-order valence-corrected chi connectivity index (χ2v) is 5.25. The van der Waals surface area contributed by atoms with Crippen molar-refractivity contribution in [3.63, 3.8) is 0 Å². The molecule has 0 radical (unpaired) electrons. The molecule has 1 aromatic rings. The van der Waals surface area contributed by atoms with Gasteiger partial charge in [0.15, 0.2) is 6.61 Å². The molecule has 1 fully saturated rings. The van der Waals surface area contributed by atoms with E-state index in [4.69, 9.17) is 16.3 Å². The fraction of sp³-hybridized carbons (Fsp3) is 0.500. The Morgan fingerprint density at radius 1 is 1.39 bits per heavy atom. The molecule has 0 N–H and O–H groups in total. The van der Waals surface area contributed by atoms with Crippen LogP contribution in [-0.2, 0) is 4.79 Å². The summed E-state index contributed by atoms with van der Waals surface area (Å²) in [5.41, 5.74) is 0. The molecule has 1 aromatic carbocycles. The molecule has 4 heteroatoms. The second-order valence-electron chi connectivity index (χ2n) is 4.81. The number of likely N-dealkylation sites (N-methyl/N-ethyl adjacent to an activating group) is 1. The van der Waals surface area contributed by atoms with Crippen LogP contribution in [0.25, 0.3) is 0 Å². The van der Waals surface area contributed by atoms with E-state index >= 15 is 0 Å². The first kappa shape index (κ1) is 13.2. The Morgan fingerprint density at radius 3 is 2.61 bits per heavy atom. The van der Waals surface area contributed by atoms with Gasteiger partial charge >= 0.3 is 0 Å². The van der Waals surface area contributed by atoms with Gasteiger partial charge in [-0.1, -0.05) is 18.0 Å². The molecule has 1 aliphatic rings. The fourth-order valence-corrected chi connectivity index (χ4v) is 2.08. The normalized spacial score (nSPS) is 15.0. The molecule has 0 heterocycles. The Balaban J connectivity index is 1.74. The van der Waals surface area contributed by atoms with Gasteiger partial charge in [0.25, 0.3) is 5.91 Å². The lowest BCUT2D eigenvalue weighted by atomic mass is 9.85. The smallest absolute Gasteiger partial charge is 0.260 e. The van der Waals surface area contributed by atoms with Gasteiger partial charge in [-0.15, -0.1) is 0 Å². The van der Waals surface area contributed by atoms with Gasteiger partial charge < -0.3 is 9.64 Å². The molecular formula is C14H18ClNO2. The molecule has 1 amide bonds. The van der Waals surface area contributed by atoms with E-state index < -0.39 is 0 Å². The molecule has 1 aliphatic carbocycles. The summed E-state index contributed by atoms with van der Waals surface area (Å²) in [5.74, 6) is 1.39. The lowest BCUT2D eigenvalue weighted by molar-refractivity contribution is -0.133. The minimum Gasteiger partial charge on any atom is -0.484 e. The van der Waals surface area contributed by atoms with Gasteiger partial charge in [0.1, 0.15) is 5.75 Å². The SMILES string of the molecule is CN(CC1CCC1)C(=O)COc1ccc(Cl)cc1. The Bertz CT molecular complexity index is 401. The van der Waals surface area contributed by atoms with Crippen LogP contribution in [0.15, 0.2) is 24.3 Å². The summed E-state index contributed by atoms with van der Waals surface area (Å²) in [6.45, 7) is 0.938. The fourth-order valence-electron chi connectivity index (χ4n) is 1.95. The Kier molecular flexibility index (Phi) is 4.48. The van der Waals surface area contributed by atoms with Crippen molar-refractivity contribution in [3.05, 3.63) is 29.3 Å². The largest absolute Gasteiger partial charge is 0.484 e. The number of nitrogens with zero attached hydrogens (tertiary/aromatic N) is 1. The van der Waals surface area contributed by atoms with Gasteiger partial charge in [0.2, 0.25) is 0 Å². The van der Waals surface area contributed by atoms with E-state index in [1.54, 1.807) is 29.2 Å². The number of hydrogen-bond acceptors (Lipinski definition) is 2. The monoisotopic (exact) mass is 267 g/mol. The average molecular weight is 268 g/mol. The molecule has 98 valence electrons. The van der Waals surface area contributed by atoms with Crippen LogP contribution in [0.3, 0.4) is 0 Å². The van der Waals surface area contributed by atoms with Crippen LogP contribution >= 0.6 is 11.6 Å². The first-order valence-electron chi connectivity index (χ1n) is 6.27. The molecule has 0 aromatic heterocycles. The van der Waals surface area contributed by atoms with Crippen molar-refractivity contribution in [1.29, 1.82) is 0 Å². The molecule has 0 saturated heterocycles. The Hall–Kier alpha value is -1.22. The van der Waals surface area contributed by atoms with Crippen molar-refractivity contribution in [2.45, 2.75) is 19.3 Å². The van der Waals surface area contributed by atoms with Gasteiger partial charge in [-0.25, -0.2) is 0 Å². The first-order valence-corrected chi connectivity index (χ1v) is 6.65. The van der Waals surface area contributed by atoms with Gasteiger partial charge in [-0.3, -0.25) is 4.79 Å². The van der Waals surface area contributed by atoms with Crippen molar-refractivity contribution in [3.8, 4) is 5.75 Å². The summed E-state index contributed by atoms with van der Waals surface area (Å²) in [6.07, 6.45) is 3.79. The highest BCUT2D eigenvalue weighted by Crippen LogP contribution is 2.26. The van der Waals surface area contributed by atoms with Crippen molar-refractivity contribution in [1.82, 2.24) is 4.90 Å². The number of benzene rings is 1. The zero-order valence-electron chi connectivity index (χ0n) is 10.6. The van der Waals surface area contributed by atoms with Crippen molar-refractivity contribution < 1.29 is 9.53 Å². The van der Waals surface area contributed by atoms with E-state index in [1.165, 1.54) is 19.3 Å². The van der Waals surface area contributed by atoms with E-state index in [2.05, 4.69) is 0 Å². The Morgan fingerprint density at radius 2 is 2.06 bits per heavy atom. The summed E-state index contributed by atoms with van der Waals surface area (Å²) >= 11 is 5.77. The predicted octanol–water partition coefficient (Wildman–Crippen LogP) is 2.98. The summed E-state index contributed by atoms with van der Waals surface area (Å²) < 4.78 is 5.43. The number of halogens is 1. The van der Waals surface area contributed by atoms with Gasteiger partial charge in [0, 0.05) is 18.6 Å². The van der Waals surface area contributed by atoms with E-state index in [-0.39, 0.29) is 12.5 Å². The van der Waals surface area contributed by atoms with E-state index in [9.17, 15) is 4.79 Å². The molecule has 18 heavy (non-hydrogen) atoms. The summed E-state index contributed by atoms with van der Waals surface area (Å²) in [6, 6.07) is 7.03. The van der Waals surface area contributed by atoms with E-state index in [0.29, 0.717) is 16.7 Å². The van der Waals surface area contributed by atoms with Crippen molar-refractivity contribution in [2.75, 3.05) is 20.2 Å². The number of carbonyl (C=O) groups excluding carboxylic acids is 1. The highest BCUT2D eigenvalue weighted by Gasteiger charge is 2.21. The average Bonchev–Trinajstić information content (AvgIpc) is 2.32. The number of ether oxygens (including phenoxy) is 1. The third-order valence-electron chi connectivity index (χ3n) is 3.36. The van der Waals surface area contributed by atoms with Gasteiger partial charge in [0.05, 0.1) is 0 Å². The third kappa shape index (κ3) is 3.64. The third-order valence-corrected chi connectivity index (χ3v) is 3.61.